The fourth-order valence-electron chi connectivity index (χ4n) is 2.69. The number of fused-ring (bicyclic) bond motifs is 5. The molecule has 3 atom stereocenters. The van der Waals surface area contributed by atoms with E-state index in [0.717, 1.165) is 16.9 Å². The molecule has 0 bridgehead atoms. The monoisotopic (exact) mass is 300 g/mol. The SMILES string of the molecule is O[C@@H]1CO[C@H]2[C@@H]1OCc1nc3cc(Cl)c(Cl)cc3n12. The summed E-state index contributed by atoms with van der Waals surface area (Å²) in [6.45, 7) is 0.598. The average molecular weight is 301 g/mol. The lowest BCUT2D eigenvalue weighted by atomic mass is 10.2. The molecule has 19 heavy (non-hydrogen) atoms. The van der Waals surface area contributed by atoms with E-state index < -0.39 is 6.10 Å². The molecule has 0 unspecified atom stereocenters. The Kier molecular flexibility index (Phi) is 2.56. The Morgan fingerprint density at radius 3 is 2.89 bits per heavy atom. The fourth-order valence-corrected chi connectivity index (χ4v) is 3.00. The van der Waals surface area contributed by atoms with Gasteiger partial charge < -0.3 is 14.6 Å². The number of hydrogen-bond acceptors (Lipinski definition) is 4. The lowest BCUT2D eigenvalue weighted by Crippen LogP contribution is -2.36. The highest BCUT2D eigenvalue weighted by Crippen LogP contribution is 2.37. The van der Waals surface area contributed by atoms with Crippen LogP contribution in [0, 0.1) is 0 Å². The summed E-state index contributed by atoms with van der Waals surface area (Å²) < 4.78 is 13.1. The molecule has 1 N–H and O–H groups in total. The first kappa shape index (κ1) is 11.9. The van der Waals surface area contributed by atoms with Crippen LogP contribution in [-0.4, -0.2) is 33.5 Å². The van der Waals surface area contributed by atoms with E-state index in [-0.39, 0.29) is 18.9 Å². The number of aliphatic hydroxyl groups excluding tert-OH is 1. The number of aromatic nitrogens is 2. The number of aliphatic hydroxyl groups is 1. The molecule has 1 aromatic heterocycles. The minimum Gasteiger partial charge on any atom is -0.388 e. The maximum atomic E-state index is 9.83. The zero-order chi connectivity index (χ0) is 13.1. The van der Waals surface area contributed by atoms with Crippen molar-refractivity contribution in [2.75, 3.05) is 6.61 Å². The molecule has 0 aliphatic carbocycles. The molecular formula is C12H10Cl2N2O3. The van der Waals surface area contributed by atoms with Crippen LogP contribution in [0.3, 0.4) is 0 Å². The van der Waals surface area contributed by atoms with Crippen LogP contribution in [0.25, 0.3) is 11.0 Å². The largest absolute Gasteiger partial charge is 0.388 e. The van der Waals surface area contributed by atoms with Gasteiger partial charge in [-0.1, -0.05) is 23.2 Å². The third kappa shape index (κ3) is 1.63. The molecule has 100 valence electrons. The Labute approximate surface area is 118 Å². The Bertz CT molecular complexity index is 673. The van der Waals surface area contributed by atoms with Crippen LogP contribution in [0.4, 0.5) is 0 Å². The molecule has 2 aliphatic heterocycles. The second-order valence-electron chi connectivity index (χ2n) is 4.72. The predicted molar refractivity (Wildman–Crippen MR) is 69.3 cm³/mol. The molecule has 1 aromatic carbocycles. The van der Waals surface area contributed by atoms with Gasteiger partial charge in [-0.25, -0.2) is 4.98 Å². The van der Waals surface area contributed by atoms with E-state index in [0.29, 0.717) is 16.7 Å². The van der Waals surface area contributed by atoms with Crippen molar-refractivity contribution in [3.63, 3.8) is 0 Å². The third-order valence-corrected chi connectivity index (χ3v) is 4.28. The van der Waals surface area contributed by atoms with Crippen molar-refractivity contribution in [1.82, 2.24) is 9.55 Å². The Hall–Kier alpha value is -0.850. The quantitative estimate of drug-likeness (QED) is 0.810. The first-order valence-electron chi connectivity index (χ1n) is 5.92. The van der Waals surface area contributed by atoms with Crippen molar-refractivity contribution in [2.24, 2.45) is 0 Å². The molecule has 0 spiro atoms. The number of ether oxygens (including phenoxy) is 2. The summed E-state index contributed by atoms with van der Waals surface area (Å²) in [5.41, 5.74) is 1.59. The highest BCUT2D eigenvalue weighted by molar-refractivity contribution is 6.42. The van der Waals surface area contributed by atoms with Crippen LogP contribution in [0.1, 0.15) is 12.1 Å². The molecule has 1 saturated heterocycles. The maximum Gasteiger partial charge on any atom is 0.164 e. The molecule has 7 heteroatoms. The number of hydrogen-bond donors (Lipinski definition) is 1. The third-order valence-electron chi connectivity index (χ3n) is 3.56. The van der Waals surface area contributed by atoms with Crippen molar-refractivity contribution in [3.8, 4) is 0 Å². The van der Waals surface area contributed by atoms with Gasteiger partial charge in [0.1, 0.15) is 24.6 Å². The molecule has 5 nitrogen and oxygen atoms in total. The van der Waals surface area contributed by atoms with Crippen LogP contribution >= 0.6 is 23.2 Å². The van der Waals surface area contributed by atoms with Crippen molar-refractivity contribution in [1.29, 1.82) is 0 Å². The van der Waals surface area contributed by atoms with Crippen LogP contribution < -0.4 is 0 Å². The van der Waals surface area contributed by atoms with Crippen molar-refractivity contribution in [2.45, 2.75) is 25.0 Å². The number of benzene rings is 1. The van der Waals surface area contributed by atoms with Crippen molar-refractivity contribution < 1.29 is 14.6 Å². The molecule has 0 amide bonds. The highest BCUT2D eigenvalue weighted by atomic mass is 35.5. The standard InChI is InChI=1S/C12H10Cl2N2O3/c13-5-1-7-8(2-6(5)14)16-10(15-7)4-18-11-9(17)3-19-12(11)16/h1-2,9,11-12,17H,3-4H2/t9-,11-,12+/m1/s1. The Morgan fingerprint density at radius 1 is 1.26 bits per heavy atom. The van der Waals surface area contributed by atoms with Gasteiger partial charge in [0, 0.05) is 0 Å². The first-order chi connectivity index (χ1) is 9.15. The smallest absolute Gasteiger partial charge is 0.164 e. The molecule has 0 saturated carbocycles. The van der Waals surface area contributed by atoms with E-state index in [4.69, 9.17) is 32.7 Å². The van der Waals surface area contributed by atoms with Gasteiger partial charge in [0.05, 0.1) is 27.7 Å². The fraction of sp³-hybridized carbons (Fsp3) is 0.417. The zero-order valence-electron chi connectivity index (χ0n) is 9.72. The topological polar surface area (TPSA) is 56.5 Å². The summed E-state index contributed by atoms with van der Waals surface area (Å²) in [6.07, 6.45) is -1.33. The number of halogens is 2. The van der Waals surface area contributed by atoms with Crippen LogP contribution in [0.2, 0.25) is 10.0 Å². The van der Waals surface area contributed by atoms with Gasteiger partial charge in [0.25, 0.3) is 0 Å². The summed E-state index contributed by atoms with van der Waals surface area (Å²) in [5, 5.41) is 10.8. The lowest BCUT2D eigenvalue weighted by Gasteiger charge is -2.28. The first-order valence-corrected chi connectivity index (χ1v) is 6.68. The number of imidazole rings is 1. The molecule has 0 radical (unpaired) electrons. The molecule has 1 fully saturated rings. The van der Waals surface area contributed by atoms with Crippen LogP contribution in [-0.2, 0) is 16.1 Å². The second kappa shape index (κ2) is 4.07. The summed E-state index contributed by atoms with van der Waals surface area (Å²) in [7, 11) is 0. The van der Waals surface area contributed by atoms with Gasteiger partial charge in [0.2, 0.25) is 0 Å². The maximum absolute atomic E-state index is 9.83. The minimum absolute atomic E-state index is 0.260. The van der Waals surface area contributed by atoms with Gasteiger partial charge in [-0.15, -0.1) is 0 Å². The Morgan fingerprint density at radius 2 is 2.05 bits per heavy atom. The van der Waals surface area contributed by atoms with E-state index in [9.17, 15) is 5.11 Å². The Balaban J connectivity index is 1.95. The van der Waals surface area contributed by atoms with Crippen LogP contribution in [0.15, 0.2) is 12.1 Å². The average Bonchev–Trinajstić information content (AvgIpc) is 2.91. The number of nitrogens with zero attached hydrogens (tertiary/aromatic N) is 2. The summed E-state index contributed by atoms with van der Waals surface area (Å²) in [4.78, 5) is 4.47. The van der Waals surface area contributed by atoms with E-state index in [2.05, 4.69) is 4.98 Å². The van der Waals surface area contributed by atoms with E-state index >= 15 is 0 Å². The van der Waals surface area contributed by atoms with E-state index in [1.54, 1.807) is 12.1 Å². The second-order valence-corrected chi connectivity index (χ2v) is 5.53. The van der Waals surface area contributed by atoms with Gasteiger partial charge in [-0.3, -0.25) is 4.57 Å². The van der Waals surface area contributed by atoms with Gasteiger partial charge in [-0.05, 0) is 12.1 Å². The van der Waals surface area contributed by atoms with Gasteiger partial charge >= 0.3 is 0 Å². The molecule has 2 aliphatic rings. The van der Waals surface area contributed by atoms with Crippen LogP contribution in [0.5, 0.6) is 0 Å². The molecular weight excluding hydrogens is 291 g/mol. The summed E-state index contributed by atoms with van der Waals surface area (Å²) >= 11 is 12.1. The lowest BCUT2D eigenvalue weighted by molar-refractivity contribution is -0.0969. The van der Waals surface area contributed by atoms with Gasteiger partial charge in [0.15, 0.2) is 6.23 Å². The summed E-state index contributed by atoms with van der Waals surface area (Å²) in [5.74, 6) is 0.753. The van der Waals surface area contributed by atoms with Crippen molar-refractivity contribution in [3.05, 3.63) is 28.0 Å². The van der Waals surface area contributed by atoms with Gasteiger partial charge in [-0.2, -0.15) is 0 Å². The van der Waals surface area contributed by atoms with E-state index in [1.807, 2.05) is 4.57 Å². The zero-order valence-corrected chi connectivity index (χ0v) is 11.2. The number of rotatable bonds is 0. The normalized spacial score (nSPS) is 29.5. The highest BCUT2D eigenvalue weighted by Gasteiger charge is 2.43. The minimum atomic E-state index is -0.613. The summed E-state index contributed by atoms with van der Waals surface area (Å²) in [6, 6.07) is 3.50. The molecule has 3 heterocycles. The van der Waals surface area contributed by atoms with E-state index in [1.165, 1.54) is 0 Å². The molecule has 4 rings (SSSR count). The van der Waals surface area contributed by atoms with Crippen molar-refractivity contribution >= 4 is 34.2 Å². The predicted octanol–water partition coefficient (Wildman–Crippen LogP) is 2.13. The molecule has 2 aromatic rings.